The number of aromatic nitrogens is 1. The summed E-state index contributed by atoms with van der Waals surface area (Å²) in [5, 5.41) is 3.07. The molecule has 0 radical (unpaired) electrons. The van der Waals surface area contributed by atoms with Gasteiger partial charge in [-0.2, -0.15) is 0 Å². The molecule has 0 saturated carbocycles. The van der Waals surface area contributed by atoms with E-state index in [1.54, 1.807) is 13.1 Å². The largest absolute Gasteiger partial charge is 0.352 e. The number of nitrogens with zero attached hydrogens (tertiary/aromatic N) is 3. The van der Waals surface area contributed by atoms with Crippen molar-refractivity contribution >= 4 is 17.5 Å². The van der Waals surface area contributed by atoms with Crippen LogP contribution in [0.15, 0.2) is 73.1 Å². The van der Waals surface area contributed by atoms with Gasteiger partial charge in [0.15, 0.2) is 0 Å². The number of carbonyl (C=O) groups is 2. The van der Waals surface area contributed by atoms with Gasteiger partial charge in [0.05, 0.1) is 0 Å². The number of rotatable bonds is 6. The van der Waals surface area contributed by atoms with Crippen LogP contribution in [-0.2, 0) is 24.3 Å². The van der Waals surface area contributed by atoms with Gasteiger partial charge in [0, 0.05) is 56.7 Å². The first kappa shape index (κ1) is 26.6. The summed E-state index contributed by atoms with van der Waals surface area (Å²) in [7, 11) is 0. The van der Waals surface area contributed by atoms with Gasteiger partial charge in [-0.25, -0.2) is 0 Å². The molecule has 0 spiro atoms. The molecule has 4 rings (SSSR count). The van der Waals surface area contributed by atoms with Crippen molar-refractivity contribution in [3.63, 3.8) is 0 Å². The van der Waals surface area contributed by atoms with E-state index in [9.17, 15) is 9.59 Å². The predicted octanol–water partition coefficient (Wildman–Crippen LogP) is 5.37. The molecule has 37 heavy (non-hydrogen) atoms. The minimum atomic E-state index is -0.0852. The number of anilines is 1. The molecule has 1 N–H and O–H groups in total. The Morgan fingerprint density at radius 3 is 2.41 bits per heavy atom. The molecule has 0 aliphatic carbocycles. The molecule has 0 fully saturated rings. The van der Waals surface area contributed by atoms with Crippen molar-refractivity contribution in [1.29, 1.82) is 0 Å². The van der Waals surface area contributed by atoms with E-state index in [-0.39, 0.29) is 11.8 Å². The average Bonchev–Trinajstić information content (AvgIpc) is 2.90. The molecule has 6 heteroatoms. The molecule has 1 aliphatic heterocycles. The fraction of sp³-hybridized carbons (Fsp3) is 0.387. The SMILES string of the molecule is CC(=O)N1CCCCCCCN(Cc2cccnc2)Cc2cc(C(=O)NCCc3ccccc3)ccc21. The standard InChI is InChI=1S/C31H38N4O2/c1-25(36)35-20-9-4-2-3-8-19-34(23-27-13-10-17-32-22-27)24-29-21-28(14-15-30(29)35)31(37)33-18-16-26-11-6-5-7-12-26/h5-7,10-15,17,21-22H,2-4,8-9,16,18-20,23-24H2,1H3,(H,33,37). The van der Waals surface area contributed by atoms with Gasteiger partial charge in [-0.15, -0.1) is 0 Å². The van der Waals surface area contributed by atoms with Gasteiger partial charge in [-0.1, -0.05) is 55.7 Å². The molecule has 0 bridgehead atoms. The second kappa shape index (κ2) is 13.7. The minimum Gasteiger partial charge on any atom is -0.352 e. The maximum atomic E-state index is 13.1. The lowest BCUT2D eigenvalue weighted by Crippen LogP contribution is -2.33. The molecule has 1 aliphatic rings. The first-order chi connectivity index (χ1) is 18.1. The Kier molecular flexibility index (Phi) is 9.83. The highest BCUT2D eigenvalue weighted by Crippen LogP contribution is 2.26. The van der Waals surface area contributed by atoms with E-state index >= 15 is 0 Å². The van der Waals surface area contributed by atoms with Gasteiger partial charge in [0.1, 0.15) is 0 Å². The third kappa shape index (κ3) is 7.99. The molecule has 1 aromatic heterocycles. The molecule has 0 atom stereocenters. The first-order valence-corrected chi connectivity index (χ1v) is 13.4. The lowest BCUT2D eigenvalue weighted by Gasteiger charge is -2.29. The van der Waals surface area contributed by atoms with E-state index in [0.717, 1.165) is 55.6 Å². The lowest BCUT2D eigenvalue weighted by molar-refractivity contribution is -0.116. The fourth-order valence-electron chi connectivity index (χ4n) is 4.97. The molecular weight excluding hydrogens is 460 g/mol. The smallest absolute Gasteiger partial charge is 0.251 e. The van der Waals surface area contributed by atoms with Crippen LogP contribution < -0.4 is 10.2 Å². The zero-order valence-electron chi connectivity index (χ0n) is 21.9. The van der Waals surface area contributed by atoms with E-state index in [0.29, 0.717) is 25.2 Å². The highest BCUT2D eigenvalue weighted by Gasteiger charge is 2.20. The van der Waals surface area contributed by atoms with Crippen molar-refractivity contribution in [2.45, 2.75) is 58.5 Å². The maximum Gasteiger partial charge on any atom is 0.251 e. The summed E-state index contributed by atoms with van der Waals surface area (Å²) in [4.78, 5) is 34.3. The number of pyridine rings is 1. The van der Waals surface area contributed by atoms with Crippen LogP contribution in [0, 0.1) is 0 Å². The quantitative estimate of drug-likeness (QED) is 0.496. The Bertz CT molecular complexity index is 1150. The normalized spacial score (nSPS) is 15.2. The zero-order chi connectivity index (χ0) is 25.9. The number of nitrogens with one attached hydrogen (secondary N) is 1. The number of hydrogen-bond acceptors (Lipinski definition) is 4. The Hall–Kier alpha value is -3.51. The van der Waals surface area contributed by atoms with Crippen LogP contribution in [0.4, 0.5) is 5.69 Å². The van der Waals surface area contributed by atoms with Crippen LogP contribution in [0.5, 0.6) is 0 Å². The van der Waals surface area contributed by atoms with Gasteiger partial charge in [0.25, 0.3) is 5.91 Å². The number of hydrogen-bond donors (Lipinski definition) is 1. The summed E-state index contributed by atoms with van der Waals surface area (Å²) in [6.07, 6.45) is 10.1. The fourth-order valence-corrected chi connectivity index (χ4v) is 4.97. The van der Waals surface area contributed by atoms with Crippen molar-refractivity contribution in [2.24, 2.45) is 0 Å². The maximum absolute atomic E-state index is 13.1. The average molecular weight is 499 g/mol. The van der Waals surface area contributed by atoms with Gasteiger partial charge < -0.3 is 10.2 Å². The van der Waals surface area contributed by atoms with Gasteiger partial charge in [-0.3, -0.25) is 19.5 Å². The molecule has 3 aromatic rings. The van der Waals surface area contributed by atoms with E-state index in [4.69, 9.17) is 0 Å². The van der Waals surface area contributed by atoms with Crippen LogP contribution >= 0.6 is 0 Å². The van der Waals surface area contributed by atoms with E-state index < -0.39 is 0 Å². The number of amides is 2. The third-order valence-corrected chi connectivity index (χ3v) is 6.93. The Labute approximate surface area is 220 Å². The highest BCUT2D eigenvalue weighted by atomic mass is 16.2. The van der Waals surface area contributed by atoms with Crippen molar-refractivity contribution in [2.75, 3.05) is 24.5 Å². The molecule has 2 amide bonds. The topological polar surface area (TPSA) is 65.5 Å². The van der Waals surface area contributed by atoms with Crippen LogP contribution in [0.25, 0.3) is 0 Å². The molecule has 194 valence electrons. The lowest BCUT2D eigenvalue weighted by atomic mass is 10.0. The minimum absolute atomic E-state index is 0.0391. The third-order valence-electron chi connectivity index (χ3n) is 6.93. The molecular formula is C31H38N4O2. The molecule has 0 saturated heterocycles. The summed E-state index contributed by atoms with van der Waals surface area (Å²) in [5.74, 6) is -0.0461. The second-order valence-corrected chi connectivity index (χ2v) is 9.85. The van der Waals surface area contributed by atoms with Gasteiger partial charge >= 0.3 is 0 Å². The van der Waals surface area contributed by atoms with Gasteiger partial charge in [-0.05, 0) is 66.8 Å². The monoisotopic (exact) mass is 498 g/mol. The van der Waals surface area contributed by atoms with Gasteiger partial charge in [0.2, 0.25) is 5.91 Å². The second-order valence-electron chi connectivity index (χ2n) is 9.85. The first-order valence-electron chi connectivity index (χ1n) is 13.4. The molecule has 6 nitrogen and oxygen atoms in total. The summed E-state index contributed by atoms with van der Waals surface area (Å²) >= 11 is 0. The Morgan fingerprint density at radius 1 is 0.892 bits per heavy atom. The summed E-state index contributed by atoms with van der Waals surface area (Å²) < 4.78 is 0. The highest BCUT2D eigenvalue weighted by molar-refractivity contribution is 5.97. The Balaban J connectivity index is 1.57. The van der Waals surface area contributed by atoms with Crippen LogP contribution in [0.2, 0.25) is 0 Å². The van der Waals surface area contributed by atoms with E-state index in [1.807, 2.05) is 53.6 Å². The number of carbonyl (C=O) groups excluding carboxylic acids is 2. The van der Waals surface area contributed by atoms with E-state index in [1.165, 1.54) is 18.4 Å². The summed E-state index contributed by atoms with van der Waals surface area (Å²) in [6, 6.07) is 20.0. The van der Waals surface area contributed by atoms with Crippen LogP contribution in [0.3, 0.4) is 0 Å². The van der Waals surface area contributed by atoms with Crippen LogP contribution in [0.1, 0.15) is 66.1 Å². The summed E-state index contributed by atoms with van der Waals surface area (Å²) in [5.41, 5.74) is 4.90. The number of benzene rings is 2. The van der Waals surface area contributed by atoms with E-state index in [2.05, 4.69) is 33.4 Å². The van der Waals surface area contributed by atoms with Crippen LogP contribution in [-0.4, -0.2) is 41.3 Å². The van der Waals surface area contributed by atoms with Crippen molar-refractivity contribution < 1.29 is 9.59 Å². The summed E-state index contributed by atoms with van der Waals surface area (Å²) in [6.45, 7) is 5.31. The Morgan fingerprint density at radius 2 is 1.65 bits per heavy atom. The van der Waals surface area contributed by atoms with Crippen molar-refractivity contribution in [1.82, 2.24) is 15.2 Å². The zero-order valence-corrected chi connectivity index (χ0v) is 21.9. The predicted molar refractivity (Wildman–Crippen MR) is 148 cm³/mol. The molecule has 2 heterocycles. The molecule has 2 aromatic carbocycles. The number of fused-ring (bicyclic) bond motifs is 1. The van der Waals surface area contributed by atoms with Crippen molar-refractivity contribution in [3.05, 3.63) is 95.3 Å². The molecule has 0 unspecified atom stereocenters. The van der Waals surface area contributed by atoms with Crippen molar-refractivity contribution in [3.8, 4) is 0 Å².